The maximum atomic E-state index is 13.8. The molecule has 0 saturated carbocycles. The van der Waals surface area contributed by atoms with Crippen LogP contribution in [0.4, 0.5) is 5.69 Å². The van der Waals surface area contributed by atoms with Gasteiger partial charge < -0.3 is 19.5 Å². The van der Waals surface area contributed by atoms with Crippen LogP contribution in [0.3, 0.4) is 0 Å². The molecule has 0 heterocycles. The van der Waals surface area contributed by atoms with Crippen LogP contribution in [-0.4, -0.2) is 48.7 Å². The van der Waals surface area contributed by atoms with Crippen molar-refractivity contribution in [1.82, 2.24) is 5.32 Å². The minimum absolute atomic E-state index is 0.0340. The van der Waals surface area contributed by atoms with Crippen LogP contribution in [0.1, 0.15) is 18.4 Å². The Hall–Kier alpha value is -3.43. The summed E-state index contributed by atoms with van der Waals surface area (Å²) in [7, 11) is 0.0281. The van der Waals surface area contributed by atoms with Crippen LogP contribution in [0.15, 0.2) is 71.6 Å². The Morgan fingerprint density at radius 3 is 2.19 bits per heavy atom. The lowest BCUT2D eigenvalue weighted by Crippen LogP contribution is -2.42. The van der Waals surface area contributed by atoms with Gasteiger partial charge in [0.1, 0.15) is 12.3 Å². The van der Waals surface area contributed by atoms with Gasteiger partial charge in [0, 0.05) is 17.6 Å². The first kappa shape index (κ1) is 27.2. The van der Waals surface area contributed by atoms with Gasteiger partial charge in [0.05, 0.1) is 31.9 Å². The minimum Gasteiger partial charge on any atom is -0.495 e. The highest BCUT2D eigenvalue weighted by Gasteiger charge is 2.30. The number of anilines is 1. The molecule has 1 N–H and O–H groups in total. The number of hydrogen-bond donors (Lipinski definition) is 1. The number of nitrogens with zero attached hydrogens (tertiary/aromatic N) is 1. The summed E-state index contributed by atoms with van der Waals surface area (Å²) in [5.74, 6) is 0.401. The monoisotopic (exact) mass is 532 g/mol. The SMILES string of the molecule is COc1ccc(S(=O)(=O)N(CC(=O)NC[C@H](C)c2ccccc2)c2cc(Cl)ccc2OC)cc1OC. The van der Waals surface area contributed by atoms with E-state index >= 15 is 0 Å². The molecule has 3 aromatic carbocycles. The van der Waals surface area contributed by atoms with Crippen LogP contribution in [0.25, 0.3) is 0 Å². The fourth-order valence-electron chi connectivity index (χ4n) is 3.61. The standard InChI is InChI=1S/C26H29ClN2O6S/c1-18(19-8-6-5-7-9-19)16-28-26(30)17-29(22-14-20(27)10-12-23(22)33-2)36(31,32)21-11-13-24(34-3)25(15-21)35-4/h5-15,18H,16-17H2,1-4H3,(H,28,30)/t18-/m0/s1. The lowest BCUT2D eigenvalue weighted by Gasteiger charge is -2.26. The Bertz CT molecular complexity index is 1300. The summed E-state index contributed by atoms with van der Waals surface area (Å²) in [6, 6.07) is 18.5. The molecular weight excluding hydrogens is 504 g/mol. The molecule has 0 saturated heterocycles. The second kappa shape index (κ2) is 12.0. The van der Waals surface area contributed by atoms with Crippen molar-refractivity contribution in [3.05, 3.63) is 77.3 Å². The van der Waals surface area contributed by atoms with Crippen molar-refractivity contribution in [3.63, 3.8) is 0 Å². The van der Waals surface area contributed by atoms with Crippen LogP contribution >= 0.6 is 11.6 Å². The molecule has 0 bridgehead atoms. The highest BCUT2D eigenvalue weighted by molar-refractivity contribution is 7.92. The summed E-state index contributed by atoms with van der Waals surface area (Å²) >= 11 is 6.19. The maximum absolute atomic E-state index is 13.8. The molecule has 36 heavy (non-hydrogen) atoms. The maximum Gasteiger partial charge on any atom is 0.265 e. The van der Waals surface area contributed by atoms with Crippen LogP contribution in [0.2, 0.25) is 5.02 Å². The molecule has 0 aliphatic carbocycles. The van der Waals surface area contributed by atoms with E-state index in [1.807, 2.05) is 37.3 Å². The molecule has 1 atom stereocenters. The Labute approximate surface area is 216 Å². The Morgan fingerprint density at radius 1 is 0.917 bits per heavy atom. The number of sulfonamides is 1. The number of ether oxygens (including phenoxy) is 3. The minimum atomic E-state index is -4.25. The normalized spacial score (nSPS) is 11.9. The number of benzene rings is 3. The number of nitrogens with one attached hydrogen (secondary N) is 1. The van der Waals surface area contributed by atoms with E-state index in [-0.39, 0.29) is 33.0 Å². The highest BCUT2D eigenvalue weighted by Crippen LogP contribution is 2.37. The molecule has 3 aromatic rings. The molecule has 0 aliphatic heterocycles. The third kappa shape index (κ3) is 6.22. The van der Waals surface area contributed by atoms with E-state index in [4.69, 9.17) is 25.8 Å². The predicted octanol–water partition coefficient (Wildman–Crippen LogP) is 4.48. The molecule has 0 spiro atoms. The second-order valence-electron chi connectivity index (χ2n) is 7.96. The number of rotatable bonds is 11. The topological polar surface area (TPSA) is 94.2 Å². The van der Waals surface area contributed by atoms with Gasteiger partial charge in [0.25, 0.3) is 10.0 Å². The smallest absolute Gasteiger partial charge is 0.265 e. The van der Waals surface area contributed by atoms with Gasteiger partial charge >= 0.3 is 0 Å². The molecular formula is C26H29ClN2O6S. The molecule has 192 valence electrons. The van der Waals surface area contributed by atoms with Crippen LogP contribution < -0.4 is 23.8 Å². The van der Waals surface area contributed by atoms with Gasteiger partial charge in [-0.3, -0.25) is 9.10 Å². The van der Waals surface area contributed by atoms with E-state index in [1.165, 1.54) is 45.6 Å². The van der Waals surface area contributed by atoms with E-state index in [2.05, 4.69) is 5.32 Å². The first-order valence-electron chi connectivity index (χ1n) is 11.1. The van der Waals surface area contributed by atoms with E-state index in [0.717, 1.165) is 9.87 Å². The average molecular weight is 533 g/mol. The first-order valence-corrected chi connectivity index (χ1v) is 12.9. The van der Waals surface area contributed by atoms with Crippen molar-refractivity contribution in [2.75, 3.05) is 38.7 Å². The third-order valence-corrected chi connectivity index (χ3v) is 7.60. The number of amides is 1. The molecule has 1 amide bonds. The highest BCUT2D eigenvalue weighted by atomic mass is 35.5. The summed E-state index contributed by atoms with van der Waals surface area (Å²) in [4.78, 5) is 12.9. The van der Waals surface area contributed by atoms with Gasteiger partial charge in [-0.05, 0) is 41.8 Å². The zero-order valence-corrected chi connectivity index (χ0v) is 22.1. The van der Waals surface area contributed by atoms with Crippen molar-refractivity contribution in [3.8, 4) is 17.2 Å². The van der Waals surface area contributed by atoms with E-state index in [1.54, 1.807) is 12.1 Å². The Balaban J connectivity index is 1.96. The van der Waals surface area contributed by atoms with Gasteiger partial charge in [-0.2, -0.15) is 0 Å². The molecule has 10 heteroatoms. The van der Waals surface area contributed by atoms with Crippen molar-refractivity contribution in [1.29, 1.82) is 0 Å². The molecule has 0 aromatic heterocycles. The summed E-state index contributed by atoms with van der Waals surface area (Å²) in [5, 5.41) is 3.12. The van der Waals surface area contributed by atoms with Gasteiger partial charge in [-0.15, -0.1) is 0 Å². The summed E-state index contributed by atoms with van der Waals surface area (Å²) in [5.41, 5.74) is 1.19. The molecule has 0 unspecified atom stereocenters. The molecule has 3 rings (SSSR count). The van der Waals surface area contributed by atoms with Gasteiger partial charge in [-0.25, -0.2) is 8.42 Å². The lowest BCUT2D eigenvalue weighted by atomic mass is 10.0. The number of carbonyl (C=O) groups excluding carboxylic acids is 1. The van der Waals surface area contributed by atoms with Crippen LogP contribution in [0.5, 0.6) is 17.2 Å². The van der Waals surface area contributed by atoms with Crippen molar-refractivity contribution < 1.29 is 27.4 Å². The summed E-state index contributed by atoms with van der Waals surface area (Å²) in [6.45, 7) is 1.82. The Morgan fingerprint density at radius 2 is 1.56 bits per heavy atom. The fourth-order valence-corrected chi connectivity index (χ4v) is 5.22. The van der Waals surface area contributed by atoms with Gasteiger partial charge in [0.2, 0.25) is 5.91 Å². The van der Waals surface area contributed by atoms with E-state index < -0.39 is 22.5 Å². The molecule has 0 fully saturated rings. The molecule has 8 nitrogen and oxygen atoms in total. The van der Waals surface area contributed by atoms with Crippen molar-refractivity contribution in [2.45, 2.75) is 17.7 Å². The quantitative estimate of drug-likeness (QED) is 0.391. The van der Waals surface area contributed by atoms with Gasteiger partial charge in [0.15, 0.2) is 11.5 Å². The molecule has 0 aliphatic rings. The Kier molecular flexibility index (Phi) is 9.06. The number of methoxy groups -OCH3 is 3. The van der Waals surface area contributed by atoms with Crippen molar-refractivity contribution >= 4 is 33.2 Å². The predicted molar refractivity (Wildman–Crippen MR) is 140 cm³/mol. The number of carbonyl (C=O) groups is 1. The third-order valence-electron chi connectivity index (χ3n) is 5.61. The largest absolute Gasteiger partial charge is 0.495 e. The number of halogens is 1. The van der Waals surface area contributed by atoms with E-state index in [9.17, 15) is 13.2 Å². The molecule has 0 radical (unpaired) electrons. The second-order valence-corrected chi connectivity index (χ2v) is 10.3. The zero-order valence-electron chi connectivity index (χ0n) is 20.5. The number of hydrogen-bond acceptors (Lipinski definition) is 6. The summed E-state index contributed by atoms with van der Waals surface area (Å²) < 4.78 is 44.5. The fraction of sp³-hybridized carbons (Fsp3) is 0.269. The zero-order chi connectivity index (χ0) is 26.3. The average Bonchev–Trinajstić information content (AvgIpc) is 2.90. The van der Waals surface area contributed by atoms with Gasteiger partial charge in [-0.1, -0.05) is 48.9 Å². The van der Waals surface area contributed by atoms with Crippen LogP contribution in [-0.2, 0) is 14.8 Å². The van der Waals surface area contributed by atoms with E-state index in [0.29, 0.717) is 12.3 Å². The summed E-state index contributed by atoms with van der Waals surface area (Å²) in [6.07, 6.45) is 0. The first-order chi connectivity index (χ1) is 17.2. The van der Waals surface area contributed by atoms with Crippen molar-refractivity contribution in [2.24, 2.45) is 0 Å². The van der Waals surface area contributed by atoms with Crippen LogP contribution in [0, 0.1) is 0 Å². The lowest BCUT2D eigenvalue weighted by molar-refractivity contribution is -0.119.